The lowest BCUT2D eigenvalue weighted by molar-refractivity contribution is -0.122. The minimum atomic E-state index is -0.425. The monoisotopic (exact) mass is 406 g/mol. The van der Waals surface area contributed by atoms with Crippen LogP contribution < -0.4 is 21.1 Å². The number of hydrazine groups is 1. The number of carbonyl (C=O) groups is 2. The van der Waals surface area contributed by atoms with Gasteiger partial charge in [-0.1, -0.05) is 11.2 Å². The first-order valence-corrected chi connectivity index (χ1v) is 9.53. The summed E-state index contributed by atoms with van der Waals surface area (Å²) in [6, 6.07) is 3.78. The zero-order valence-corrected chi connectivity index (χ0v) is 15.9. The summed E-state index contributed by atoms with van der Waals surface area (Å²) in [7, 11) is 0. The fourth-order valence-electron chi connectivity index (χ4n) is 2.37. The molecule has 1 aliphatic heterocycles. The Kier molecular flexibility index (Phi) is 6.44. The third-order valence-electron chi connectivity index (χ3n) is 3.61. The summed E-state index contributed by atoms with van der Waals surface area (Å²) in [5.41, 5.74) is 4.83. The van der Waals surface area contributed by atoms with Gasteiger partial charge in [0.2, 0.25) is 5.91 Å². The first-order valence-electron chi connectivity index (χ1n) is 8.24. The van der Waals surface area contributed by atoms with Gasteiger partial charge in [0.25, 0.3) is 11.9 Å². The second-order valence-electron chi connectivity index (χ2n) is 5.65. The van der Waals surface area contributed by atoms with E-state index >= 15 is 0 Å². The zero-order valence-electron chi connectivity index (χ0n) is 14.3. The maximum Gasteiger partial charge on any atom is 0.266 e. The first kappa shape index (κ1) is 18.9. The first-order chi connectivity index (χ1) is 13.1. The van der Waals surface area contributed by atoms with E-state index in [4.69, 9.17) is 12.2 Å². The number of aromatic nitrogens is 4. The number of nitrogens with zero attached hydrogens (tertiary/aromatic N) is 5. The second kappa shape index (κ2) is 9.19. The second-order valence-corrected chi connectivity index (χ2v) is 7.04. The van der Waals surface area contributed by atoms with Crippen LogP contribution in [0.15, 0.2) is 23.6 Å². The van der Waals surface area contributed by atoms with Crippen LogP contribution in [0.2, 0.25) is 0 Å². The number of tetrazole rings is 1. The molecule has 3 N–H and O–H groups in total. The van der Waals surface area contributed by atoms with E-state index in [1.54, 1.807) is 6.08 Å². The maximum atomic E-state index is 11.9. The highest BCUT2D eigenvalue weighted by molar-refractivity contribution is 7.80. The van der Waals surface area contributed by atoms with Crippen molar-refractivity contribution in [3.63, 3.8) is 0 Å². The van der Waals surface area contributed by atoms with Gasteiger partial charge < -0.3 is 4.90 Å². The molecule has 27 heavy (non-hydrogen) atoms. The Bertz CT molecular complexity index is 827. The molecule has 0 aliphatic carbocycles. The molecule has 2 aromatic rings. The van der Waals surface area contributed by atoms with Crippen LogP contribution in [0.25, 0.3) is 6.08 Å². The molecule has 0 bridgehead atoms. The fourth-order valence-corrected chi connectivity index (χ4v) is 3.14. The van der Waals surface area contributed by atoms with Crippen molar-refractivity contribution in [1.82, 2.24) is 36.4 Å². The van der Waals surface area contributed by atoms with E-state index in [0.29, 0.717) is 5.95 Å². The fraction of sp³-hybridized carbons (Fsp3) is 0.333. The molecule has 0 radical (unpaired) electrons. The van der Waals surface area contributed by atoms with E-state index in [-0.39, 0.29) is 11.7 Å². The number of carbonyl (C=O) groups excluding carboxylic acids is 2. The Labute approximate surface area is 164 Å². The molecule has 2 aromatic heterocycles. The third-order valence-corrected chi connectivity index (χ3v) is 4.65. The van der Waals surface area contributed by atoms with E-state index in [2.05, 4.69) is 31.6 Å². The van der Waals surface area contributed by atoms with E-state index in [1.165, 1.54) is 22.2 Å². The van der Waals surface area contributed by atoms with Gasteiger partial charge in [-0.05, 0) is 47.8 Å². The molecule has 1 aliphatic rings. The standard InChI is InChI=1S/C15H18N8O2S2/c24-12(6-5-11-4-3-9-27-11)16-15(26)19-17-13(25)10-23-20-14(18-21-23)22-7-1-2-8-22/h3-6,9H,1-2,7-8,10H2,(H,17,25)(H2,16,19,24,26). The predicted molar refractivity (Wildman–Crippen MR) is 105 cm³/mol. The van der Waals surface area contributed by atoms with E-state index in [1.807, 2.05) is 22.4 Å². The van der Waals surface area contributed by atoms with Crippen LogP contribution in [0.5, 0.6) is 0 Å². The van der Waals surface area contributed by atoms with Crippen molar-refractivity contribution in [3.05, 3.63) is 28.5 Å². The number of anilines is 1. The van der Waals surface area contributed by atoms with Crippen molar-refractivity contribution in [2.75, 3.05) is 18.0 Å². The molecular formula is C15H18N8O2S2. The van der Waals surface area contributed by atoms with Crippen LogP contribution in [-0.2, 0) is 16.1 Å². The average molecular weight is 406 g/mol. The Morgan fingerprint density at radius 3 is 2.85 bits per heavy atom. The molecule has 0 unspecified atom stereocenters. The van der Waals surface area contributed by atoms with Crippen LogP contribution in [0.1, 0.15) is 17.7 Å². The number of rotatable bonds is 5. The summed E-state index contributed by atoms with van der Waals surface area (Å²) in [4.78, 5) is 27.8. The van der Waals surface area contributed by atoms with Gasteiger partial charge in [-0.2, -0.15) is 4.80 Å². The Morgan fingerprint density at radius 2 is 2.11 bits per heavy atom. The minimum Gasteiger partial charge on any atom is -0.338 e. The minimum absolute atomic E-state index is 0.0199. The number of hydrogen-bond acceptors (Lipinski definition) is 8. The smallest absolute Gasteiger partial charge is 0.266 e. The summed E-state index contributed by atoms with van der Waals surface area (Å²) in [6.45, 7) is 1.67. The summed E-state index contributed by atoms with van der Waals surface area (Å²) >= 11 is 6.47. The summed E-state index contributed by atoms with van der Waals surface area (Å²) in [5, 5.41) is 16.3. The molecule has 0 spiro atoms. The predicted octanol–water partition coefficient (Wildman–Crippen LogP) is 0.0701. The van der Waals surface area contributed by atoms with E-state index < -0.39 is 11.8 Å². The van der Waals surface area contributed by atoms with Gasteiger partial charge >= 0.3 is 0 Å². The van der Waals surface area contributed by atoms with Crippen molar-refractivity contribution in [3.8, 4) is 0 Å². The highest BCUT2D eigenvalue weighted by atomic mass is 32.1. The molecule has 12 heteroatoms. The topological polar surface area (TPSA) is 117 Å². The molecule has 1 fully saturated rings. The van der Waals surface area contributed by atoms with Crippen molar-refractivity contribution in [2.24, 2.45) is 0 Å². The molecule has 0 aromatic carbocycles. The van der Waals surface area contributed by atoms with E-state index in [9.17, 15) is 9.59 Å². The van der Waals surface area contributed by atoms with Gasteiger partial charge in [-0.25, -0.2) is 0 Å². The van der Waals surface area contributed by atoms with Crippen LogP contribution >= 0.6 is 23.6 Å². The highest BCUT2D eigenvalue weighted by Crippen LogP contribution is 2.13. The van der Waals surface area contributed by atoms with Crippen molar-refractivity contribution < 1.29 is 9.59 Å². The molecule has 2 amide bonds. The number of amides is 2. The highest BCUT2D eigenvalue weighted by Gasteiger charge is 2.17. The normalized spacial score (nSPS) is 13.7. The van der Waals surface area contributed by atoms with Gasteiger partial charge in [0.05, 0.1) is 0 Å². The van der Waals surface area contributed by atoms with Gasteiger partial charge in [0, 0.05) is 24.0 Å². The number of thiophene rings is 1. The lowest BCUT2D eigenvalue weighted by Crippen LogP contribution is -2.49. The van der Waals surface area contributed by atoms with Crippen LogP contribution in [0, 0.1) is 0 Å². The molecule has 3 rings (SSSR count). The SMILES string of the molecule is O=C(C=Cc1cccs1)NC(=S)NNC(=O)Cn1nnc(N2CCCC2)n1. The number of hydrogen-bond donors (Lipinski definition) is 3. The Hall–Kier alpha value is -2.86. The summed E-state index contributed by atoms with van der Waals surface area (Å²) in [5.74, 6) is -0.303. The third kappa shape index (κ3) is 5.82. The molecule has 10 nitrogen and oxygen atoms in total. The van der Waals surface area contributed by atoms with Gasteiger partial charge in [0.1, 0.15) is 6.54 Å². The largest absolute Gasteiger partial charge is 0.338 e. The van der Waals surface area contributed by atoms with Crippen molar-refractivity contribution >= 4 is 52.5 Å². The molecule has 142 valence electrons. The molecule has 3 heterocycles. The summed E-state index contributed by atoms with van der Waals surface area (Å²) < 4.78 is 0. The molecular weight excluding hydrogens is 388 g/mol. The number of nitrogens with one attached hydrogen (secondary N) is 3. The average Bonchev–Trinajstić information content (AvgIpc) is 3.39. The number of thiocarbonyl (C=S) groups is 1. The van der Waals surface area contributed by atoms with Crippen molar-refractivity contribution in [2.45, 2.75) is 19.4 Å². The van der Waals surface area contributed by atoms with Crippen LogP contribution in [0.3, 0.4) is 0 Å². The van der Waals surface area contributed by atoms with Gasteiger partial charge in [-0.3, -0.25) is 25.8 Å². The van der Waals surface area contributed by atoms with E-state index in [0.717, 1.165) is 30.8 Å². The maximum absolute atomic E-state index is 11.9. The molecule has 1 saturated heterocycles. The van der Waals surface area contributed by atoms with Gasteiger partial charge in [-0.15, -0.1) is 16.4 Å². The zero-order chi connectivity index (χ0) is 19.1. The molecule has 0 atom stereocenters. The lowest BCUT2D eigenvalue weighted by atomic mass is 10.4. The van der Waals surface area contributed by atoms with Crippen LogP contribution in [0.4, 0.5) is 5.95 Å². The Morgan fingerprint density at radius 1 is 1.30 bits per heavy atom. The lowest BCUT2D eigenvalue weighted by Gasteiger charge is -2.10. The van der Waals surface area contributed by atoms with Crippen molar-refractivity contribution in [1.29, 1.82) is 0 Å². The Balaban J connectivity index is 1.38. The molecule has 0 saturated carbocycles. The summed E-state index contributed by atoms with van der Waals surface area (Å²) in [6.07, 6.45) is 5.24. The van der Waals surface area contributed by atoms with Crippen LogP contribution in [-0.4, -0.2) is 50.2 Å². The van der Waals surface area contributed by atoms with Gasteiger partial charge in [0.15, 0.2) is 5.11 Å². The quantitative estimate of drug-likeness (QED) is 0.363.